The second kappa shape index (κ2) is 4.60. The highest BCUT2D eigenvalue weighted by atomic mass is 32.1. The van der Waals surface area contributed by atoms with Crippen molar-refractivity contribution in [2.75, 3.05) is 20.2 Å². The molecule has 1 N–H and O–H groups in total. The molecule has 0 amide bonds. The highest BCUT2D eigenvalue weighted by molar-refractivity contribution is 7.71. The number of hydrogen-bond donors (Lipinski definition) is 1. The molecule has 0 saturated carbocycles. The summed E-state index contributed by atoms with van der Waals surface area (Å²) < 4.78 is 8.59. The highest BCUT2D eigenvalue weighted by Crippen LogP contribution is 2.38. The van der Waals surface area contributed by atoms with E-state index >= 15 is 0 Å². The maximum absolute atomic E-state index is 5.59. The summed E-state index contributed by atoms with van der Waals surface area (Å²) >= 11 is 5.59. The van der Waals surface area contributed by atoms with Crippen LogP contribution < -0.4 is 4.74 Å². The smallest absolute Gasteiger partial charge is 0.178 e. The first-order valence-corrected chi connectivity index (χ1v) is 7.71. The number of aromatic nitrogens is 2. The van der Waals surface area contributed by atoms with Crippen molar-refractivity contribution in [2.24, 2.45) is 0 Å². The summed E-state index contributed by atoms with van der Waals surface area (Å²) in [5.74, 6) is 0.869. The van der Waals surface area contributed by atoms with E-state index in [-0.39, 0.29) is 0 Å². The number of nitrogens with one attached hydrogen (secondary N) is 1. The Hall–Kier alpha value is -1.33. The van der Waals surface area contributed by atoms with Gasteiger partial charge in [-0.15, -0.1) is 0 Å². The molecule has 1 aromatic carbocycles. The summed E-state index contributed by atoms with van der Waals surface area (Å²) in [4.78, 5) is 5.95. The Labute approximate surface area is 123 Å². The molecule has 1 aromatic heterocycles. The van der Waals surface area contributed by atoms with E-state index in [9.17, 15) is 0 Å². The monoisotopic (exact) mass is 289 g/mol. The second-order valence-corrected chi connectivity index (χ2v) is 6.14. The van der Waals surface area contributed by atoms with E-state index in [2.05, 4.69) is 20.5 Å². The molecule has 2 saturated heterocycles. The van der Waals surface area contributed by atoms with Crippen LogP contribution >= 0.6 is 12.2 Å². The SMILES string of the molecule is COc1cccc2c1[nH]c(=S)n2C1CCN2CCCC12. The van der Waals surface area contributed by atoms with Gasteiger partial charge in [0.1, 0.15) is 11.3 Å². The van der Waals surface area contributed by atoms with E-state index < -0.39 is 0 Å². The number of methoxy groups -OCH3 is 1. The van der Waals surface area contributed by atoms with E-state index in [4.69, 9.17) is 17.0 Å². The maximum Gasteiger partial charge on any atom is 0.178 e. The van der Waals surface area contributed by atoms with Crippen molar-refractivity contribution in [1.29, 1.82) is 0 Å². The molecule has 0 aliphatic carbocycles. The Bertz CT molecular complexity index is 705. The van der Waals surface area contributed by atoms with Crippen molar-refractivity contribution in [3.8, 4) is 5.75 Å². The van der Waals surface area contributed by atoms with Crippen molar-refractivity contribution in [1.82, 2.24) is 14.5 Å². The maximum atomic E-state index is 5.59. The molecule has 4 nitrogen and oxygen atoms in total. The molecule has 106 valence electrons. The number of ether oxygens (including phenoxy) is 1. The number of H-pyrrole nitrogens is 1. The molecule has 3 heterocycles. The van der Waals surface area contributed by atoms with Gasteiger partial charge in [-0.1, -0.05) is 6.07 Å². The van der Waals surface area contributed by atoms with Crippen LogP contribution in [0.3, 0.4) is 0 Å². The number of imidazole rings is 1. The first-order chi connectivity index (χ1) is 9.79. The third-order valence-corrected chi connectivity index (χ3v) is 5.14. The molecule has 0 radical (unpaired) electrons. The highest BCUT2D eigenvalue weighted by Gasteiger charge is 2.39. The van der Waals surface area contributed by atoms with Gasteiger partial charge in [-0.2, -0.15) is 0 Å². The van der Waals surface area contributed by atoms with Crippen LogP contribution in [0.1, 0.15) is 25.3 Å². The topological polar surface area (TPSA) is 33.2 Å². The van der Waals surface area contributed by atoms with Gasteiger partial charge in [0, 0.05) is 12.6 Å². The molecule has 4 rings (SSSR count). The molecule has 0 spiro atoms. The fraction of sp³-hybridized carbons (Fsp3) is 0.533. The minimum Gasteiger partial charge on any atom is -0.494 e. The quantitative estimate of drug-likeness (QED) is 0.862. The van der Waals surface area contributed by atoms with Crippen molar-refractivity contribution in [3.05, 3.63) is 23.0 Å². The Morgan fingerprint density at radius 2 is 2.15 bits per heavy atom. The number of benzene rings is 1. The van der Waals surface area contributed by atoms with Gasteiger partial charge in [-0.25, -0.2) is 0 Å². The lowest BCUT2D eigenvalue weighted by atomic mass is 10.1. The van der Waals surface area contributed by atoms with Gasteiger partial charge < -0.3 is 14.3 Å². The van der Waals surface area contributed by atoms with Crippen LogP contribution in [0.2, 0.25) is 0 Å². The van der Waals surface area contributed by atoms with Gasteiger partial charge in [-0.3, -0.25) is 4.90 Å². The van der Waals surface area contributed by atoms with Gasteiger partial charge in [0.05, 0.1) is 18.7 Å². The number of fused-ring (bicyclic) bond motifs is 2. The lowest BCUT2D eigenvalue weighted by molar-refractivity contribution is 0.291. The van der Waals surface area contributed by atoms with Gasteiger partial charge in [0.25, 0.3) is 0 Å². The molecular formula is C15H19N3OS. The Morgan fingerprint density at radius 3 is 3.00 bits per heavy atom. The van der Waals surface area contributed by atoms with Crippen LogP contribution in [-0.4, -0.2) is 40.7 Å². The van der Waals surface area contributed by atoms with E-state index in [1.807, 2.05) is 12.1 Å². The van der Waals surface area contributed by atoms with Gasteiger partial charge >= 0.3 is 0 Å². The number of rotatable bonds is 2. The molecule has 2 aliphatic heterocycles. The van der Waals surface area contributed by atoms with Gasteiger partial charge in [0.2, 0.25) is 0 Å². The van der Waals surface area contributed by atoms with Crippen molar-refractivity contribution < 1.29 is 4.74 Å². The van der Waals surface area contributed by atoms with Crippen LogP contribution in [0.5, 0.6) is 5.75 Å². The number of aromatic amines is 1. The van der Waals surface area contributed by atoms with E-state index in [1.54, 1.807) is 7.11 Å². The van der Waals surface area contributed by atoms with Crippen LogP contribution in [0.4, 0.5) is 0 Å². The minimum atomic E-state index is 0.505. The summed E-state index contributed by atoms with van der Waals surface area (Å²) in [6.45, 7) is 2.45. The van der Waals surface area contributed by atoms with Crippen molar-refractivity contribution >= 4 is 23.3 Å². The normalized spacial score (nSPS) is 26.2. The lowest BCUT2D eigenvalue weighted by Gasteiger charge is -2.22. The minimum absolute atomic E-state index is 0.505. The molecule has 2 aromatic rings. The summed E-state index contributed by atoms with van der Waals surface area (Å²) in [6, 6.07) is 7.33. The van der Waals surface area contributed by atoms with Crippen LogP contribution in [-0.2, 0) is 0 Å². The van der Waals surface area contributed by atoms with E-state index in [0.717, 1.165) is 16.0 Å². The van der Waals surface area contributed by atoms with Crippen molar-refractivity contribution in [2.45, 2.75) is 31.3 Å². The molecule has 0 bridgehead atoms. The zero-order valence-electron chi connectivity index (χ0n) is 11.6. The molecule has 2 atom stereocenters. The Balaban J connectivity index is 1.88. The fourth-order valence-electron chi connectivity index (χ4n) is 3.98. The average molecular weight is 289 g/mol. The third kappa shape index (κ3) is 1.66. The molecule has 20 heavy (non-hydrogen) atoms. The zero-order valence-corrected chi connectivity index (χ0v) is 12.4. The predicted octanol–water partition coefficient (Wildman–Crippen LogP) is 3.12. The predicted molar refractivity (Wildman–Crippen MR) is 81.9 cm³/mol. The zero-order chi connectivity index (χ0) is 13.7. The summed E-state index contributed by atoms with van der Waals surface area (Å²) in [6.07, 6.45) is 3.81. The van der Waals surface area contributed by atoms with E-state index in [1.165, 1.54) is 37.9 Å². The van der Waals surface area contributed by atoms with Crippen LogP contribution in [0.15, 0.2) is 18.2 Å². The lowest BCUT2D eigenvalue weighted by Crippen LogP contribution is -2.27. The average Bonchev–Trinajstić information content (AvgIpc) is 3.11. The second-order valence-electron chi connectivity index (χ2n) is 5.76. The standard InChI is InChI=1S/C15H19N3OS/c1-19-13-6-2-4-12-14(13)16-15(20)18(12)11-7-9-17-8-3-5-10(11)17/h2,4,6,10-11H,3,5,7-9H2,1H3,(H,16,20). The number of hydrogen-bond acceptors (Lipinski definition) is 3. The fourth-order valence-corrected chi connectivity index (χ4v) is 4.31. The van der Waals surface area contributed by atoms with Crippen LogP contribution in [0, 0.1) is 4.77 Å². The summed E-state index contributed by atoms with van der Waals surface area (Å²) in [7, 11) is 1.71. The van der Waals surface area contributed by atoms with Gasteiger partial charge in [-0.05, 0) is 50.2 Å². The first-order valence-electron chi connectivity index (χ1n) is 7.31. The summed E-state index contributed by atoms with van der Waals surface area (Å²) in [5, 5.41) is 0. The molecular weight excluding hydrogens is 270 g/mol. The summed E-state index contributed by atoms with van der Waals surface area (Å²) in [5.41, 5.74) is 2.20. The molecule has 2 aliphatic rings. The van der Waals surface area contributed by atoms with E-state index in [0.29, 0.717) is 12.1 Å². The Morgan fingerprint density at radius 1 is 1.25 bits per heavy atom. The first kappa shape index (κ1) is 12.4. The third-order valence-electron chi connectivity index (χ3n) is 4.84. The van der Waals surface area contributed by atoms with Gasteiger partial charge in [0.15, 0.2) is 4.77 Å². The molecule has 2 unspecified atom stereocenters. The largest absolute Gasteiger partial charge is 0.494 e. The molecule has 5 heteroatoms. The van der Waals surface area contributed by atoms with Crippen LogP contribution in [0.25, 0.3) is 11.0 Å². The molecule has 2 fully saturated rings. The number of para-hydroxylation sites is 1. The van der Waals surface area contributed by atoms with Crippen molar-refractivity contribution in [3.63, 3.8) is 0 Å². The number of nitrogens with zero attached hydrogens (tertiary/aromatic N) is 2. The Kier molecular flexibility index (Phi) is 2.86.